The van der Waals surface area contributed by atoms with Crippen LogP contribution in [-0.4, -0.2) is 13.6 Å². The van der Waals surface area contributed by atoms with Crippen LogP contribution in [0, 0.1) is 0 Å². The maximum atomic E-state index is 3.61. The molecule has 0 aromatic rings. The average Bonchev–Trinajstić information content (AvgIpc) is 1.89. The number of hydrogen-bond acceptors (Lipinski definition) is 1. The SMILES string of the molecule is C=CCC=CCCNC. The Morgan fingerprint density at radius 3 is 2.78 bits per heavy atom. The Bertz CT molecular complexity index is 84.6. The molecule has 52 valence electrons. The molecular formula is C8H15N. The highest BCUT2D eigenvalue weighted by atomic mass is 14.8. The largest absolute Gasteiger partial charge is 0.319 e. The summed E-state index contributed by atoms with van der Waals surface area (Å²) in [6, 6.07) is 0. The Labute approximate surface area is 57.5 Å². The number of rotatable bonds is 5. The Balaban J connectivity index is 2.94. The molecule has 9 heavy (non-hydrogen) atoms. The van der Waals surface area contributed by atoms with E-state index in [2.05, 4.69) is 24.0 Å². The number of hydrogen-bond donors (Lipinski definition) is 1. The van der Waals surface area contributed by atoms with Gasteiger partial charge in [-0.3, -0.25) is 0 Å². The summed E-state index contributed by atoms with van der Waals surface area (Å²) in [4.78, 5) is 0. The quantitative estimate of drug-likeness (QED) is 0.436. The predicted octanol–water partition coefficient (Wildman–Crippen LogP) is 1.73. The van der Waals surface area contributed by atoms with Gasteiger partial charge in [0.1, 0.15) is 0 Å². The monoisotopic (exact) mass is 125 g/mol. The maximum Gasteiger partial charge on any atom is -0.00173 e. The third-order valence-electron chi connectivity index (χ3n) is 1.03. The molecule has 0 bridgehead atoms. The standard InChI is InChI=1S/C8H15N/c1-3-4-5-6-7-8-9-2/h3,5-6,9H,1,4,7-8H2,2H3. The lowest BCUT2D eigenvalue weighted by Crippen LogP contribution is -2.05. The highest BCUT2D eigenvalue weighted by Crippen LogP contribution is 1.85. The first-order valence-electron chi connectivity index (χ1n) is 3.32. The Hall–Kier alpha value is -0.560. The lowest BCUT2D eigenvalue weighted by molar-refractivity contribution is 0.806. The zero-order valence-electron chi connectivity index (χ0n) is 6.06. The molecule has 0 aromatic heterocycles. The summed E-state index contributed by atoms with van der Waals surface area (Å²) in [5.74, 6) is 0. The molecule has 0 spiro atoms. The molecule has 0 aromatic carbocycles. The molecule has 1 nitrogen and oxygen atoms in total. The third-order valence-corrected chi connectivity index (χ3v) is 1.03. The van der Waals surface area contributed by atoms with Gasteiger partial charge in [0.05, 0.1) is 0 Å². The maximum absolute atomic E-state index is 3.61. The van der Waals surface area contributed by atoms with Crippen LogP contribution in [0.15, 0.2) is 24.8 Å². The topological polar surface area (TPSA) is 12.0 Å². The second-order valence-corrected chi connectivity index (χ2v) is 1.89. The van der Waals surface area contributed by atoms with Gasteiger partial charge in [-0.05, 0) is 26.4 Å². The summed E-state index contributed by atoms with van der Waals surface area (Å²) < 4.78 is 0. The van der Waals surface area contributed by atoms with E-state index in [4.69, 9.17) is 0 Å². The lowest BCUT2D eigenvalue weighted by Gasteiger charge is -1.89. The van der Waals surface area contributed by atoms with Gasteiger partial charge < -0.3 is 5.32 Å². The summed E-state index contributed by atoms with van der Waals surface area (Å²) in [6.45, 7) is 4.67. The molecule has 0 aliphatic rings. The number of allylic oxidation sites excluding steroid dienone is 2. The molecule has 0 atom stereocenters. The van der Waals surface area contributed by atoms with Crippen molar-refractivity contribution in [3.63, 3.8) is 0 Å². The second kappa shape index (κ2) is 7.44. The highest BCUT2D eigenvalue weighted by molar-refractivity contribution is 4.88. The fourth-order valence-electron chi connectivity index (χ4n) is 0.538. The Morgan fingerprint density at radius 2 is 2.22 bits per heavy atom. The molecule has 0 heterocycles. The second-order valence-electron chi connectivity index (χ2n) is 1.89. The van der Waals surface area contributed by atoms with Gasteiger partial charge in [0.25, 0.3) is 0 Å². The number of nitrogens with one attached hydrogen (secondary N) is 1. The predicted molar refractivity (Wildman–Crippen MR) is 42.5 cm³/mol. The molecule has 0 unspecified atom stereocenters. The van der Waals surface area contributed by atoms with Crippen molar-refractivity contribution in [1.29, 1.82) is 0 Å². The van der Waals surface area contributed by atoms with Crippen molar-refractivity contribution in [3.8, 4) is 0 Å². The molecule has 0 aliphatic carbocycles. The molecule has 0 aliphatic heterocycles. The zero-order valence-corrected chi connectivity index (χ0v) is 6.06. The first-order valence-corrected chi connectivity index (χ1v) is 3.32. The van der Waals surface area contributed by atoms with Crippen molar-refractivity contribution in [3.05, 3.63) is 24.8 Å². The molecular weight excluding hydrogens is 110 g/mol. The average molecular weight is 125 g/mol. The molecule has 0 rings (SSSR count). The minimum absolute atomic E-state index is 0.990. The summed E-state index contributed by atoms with van der Waals surface area (Å²) >= 11 is 0. The van der Waals surface area contributed by atoms with Gasteiger partial charge in [0, 0.05) is 0 Å². The zero-order chi connectivity index (χ0) is 6.95. The molecule has 0 amide bonds. The van der Waals surface area contributed by atoms with Crippen molar-refractivity contribution in [1.82, 2.24) is 5.32 Å². The highest BCUT2D eigenvalue weighted by Gasteiger charge is 1.73. The molecule has 1 N–H and O–H groups in total. The van der Waals surface area contributed by atoms with Crippen LogP contribution in [0.4, 0.5) is 0 Å². The van der Waals surface area contributed by atoms with E-state index in [1.807, 2.05) is 13.1 Å². The molecule has 1 heteroatoms. The molecule has 0 fully saturated rings. The summed E-state index contributed by atoms with van der Waals surface area (Å²) in [5, 5.41) is 3.07. The molecule has 0 radical (unpaired) electrons. The first kappa shape index (κ1) is 8.44. The smallest absolute Gasteiger partial charge is 0.00173 e. The van der Waals surface area contributed by atoms with Gasteiger partial charge >= 0.3 is 0 Å². The minimum Gasteiger partial charge on any atom is -0.319 e. The van der Waals surface area contributed by atoms with E-state index >= 15 is 0 Å². The third kappa shape index (κ3) is 7.44. The van der Waals surface area contributed by atoms with Gasteiger partial charge in [-0.2, -0.15) is 0 Å². The van der Waals surface area contributed by atoms with Crippen molar-refractivity contribution in [2.75, 3.05) is 13.6 Å². The Kier molecular flexibility index (Phi) is 6.98. The molecule has 0 saturated carbocycles. The van der Waals surface area contributed by atoms with E-state index in [1.54, 1.807) is 0 Å². The van der Waals surface area contributed by atoms with E-state index in [0.29, 0.717) is 0 Å². The van der Waals surface area contributed by atoms with Gasteiger partial charge in [0.2, 0.25) is 0 Å². The van der Waals surface area contributed by atoms with Crippen LogP contribution < -0.4 is 5.32 Å². The van der Waals surface area contributed by atoms with E-state index in [-0.39, 0.29) is 0 Å². The van der Waals surface area contributed by atoms with Crippen molar-refractivity contribution in [2.45, 2.75) is 12.8 Å². The van der Waals surface area contributed by atoms with Gasteiger partial charge in [-0.25, -0.2) is 0 Å². The van der Waals surface area contributed by atoms with Gasteiger partial charge in [-0.1, -0.05) is 18.2 Å². The van der Waals surface area contributed by atoms with E-state index < -0.39 is 0 Å². The van der Waals surface area contributed by atoms with Crippen LogP contribution in [0.1, 0.15) is 12.8 Å². The van der Waals surface area contributed by atoms with Crippen molar-refractivity contribution >= 4 is 0 Å². The van der Waals surface area contributed by atoms with Crippen LogP contribution in [0.2, 0.25) is 0 Å². The van der Waals surface area contributed by atoms with Crippen LogP contribution in [0.5, 0.6) is 0 Å². The van der Waals surface area contributed by atoms with Gasteiger partial charge in [-0.15, -0.1) is 6.58 Å². The van der Waals surface area contributed by atoms with Crippen molar-refractivity contribution < 1.29 is 0 Å². The van der Waals surface area contributed by atoms with Crippen LogP contribution in [-0.2, 0) is 0 Å². The van der Waals surface area contributed by atoms with E-state index in [0.717, 1.165) is 19.4 Å². The van der Waals surface area contributed by atoms with Crippen LogP contribution in [0.25, 0.3) is 0 Å². The molecule has 0 saturated heterocycles. The summed E-state index contributed by atoms with van der Waals surface area (Å²) in [7, 11) is 1.96. The first-order chi connectivity index (χ1) is 4.41. The summed E-state index contributed by atoms with van der Waals surface area (Å²) in [5.41, 5.74) is 0. The van der Waals surface area contributed by atoms with E-state index in [1.165, 1.54) is 0 Å². The lowest BCUT2D eigenvalue weighted by atomic mass is 10.3. The Morgan fingerprint density at radius 1 is 1.44 bits per heavy atom. The van der Waals surface area contributed by atoms with Crippen LogP contribution in [0.3, 0.4) is 0 Å². The van der Waals surface area contributed by atoms with E-state index in [9.17, 15) is 0 Å². The normalized spacial score (nSPS) is 10.3. The van der Waals surface area contributed by atoms with Crippen LogP contribution >= 0.6 is 0 Å². The fraction of sp³-hybridized carbons (Fsp3) is 0.500. The summed E-state index contributed by atoms with van der Waals surface area (Å²) in [6.07, 6.45) is 8.30. The van der Waals surface area contributed by atoms with Gasteiger partial charge in [0.15, 0.2) is 0 Å². The minimum atomic E-state index is 0.990. The fourth-order valence-corrected chi connectivity index (χ4v) is 0.538. The van der Waals surface area contributed by atoms with Crippen molar-refractivity contribution in [2.24, 2.45) is 0 Å².